The molecule has 1 aliphatic carbocycles. The number of amides is 4. The van der Waals surface area contributed by atoms with Crippen molar-refractivity contribution in [3.63, 3.8) is 0 Å². The lowest BCUT2D eigenvalue weighted by Crippen LogP contribution is -2.61. The number of rotatable bonds is 10. The smallest absolute Gasteiger partial charge is 0.259 e. The van der Waals surface area contributed by atoms with E-state index in [4.69, 9.17) is 0 Å². The number of nitrogens with zero attached hydrogens (tertiary/aromatic N) is 2. The Balaban J connectivity index is 1.59. The predicted octanol–water partition coefficient (Wildman–Crippen LogP) is 0.830. The molecule has 3 fully saturated rings. The molecule has 11 heteroatoms. The van der Waals surface area contributed by atoms with Gasteiger partial charge in [-0.25, -0.2) is 8.42 Å². The highest BCUT2D eigenvalue weighted by Crippen LogP contribution is 2.28. The number of carbonyl (C=O) groups is 4. The van der Waals surface area contributed by atoms with Crippen molar-refractivity contribution in [1.29, 1.82) is 0 Å². The normalized spacial score (nSPS) is 22.6. The van der Waals surface area contributed by atoms with Crippen LogP contribution in [-0.2, 0) is 29.2 Å². The first-order valence-corrected chi connectivity index (χ1v) is 13.7. The fourth-order valence-corrected chi connectivity index (χ4v) is 5.95. The average molecular weight is 497 g/mol. The number of hydrogen-bond donors (Lipinski definition) is 2. The van der Waals surface area contributed by atoms with E-state index >= 15 is 0 Å². The van der Waals surface area contributed by atoms with E-state index in [2.05, 4.69) is 16.6 Å². The van der Waals surface area contributed by atoms with Crippen molar-refractivity contribution in [1.82, 2.24) is 19.8 Å². The Morgan fingerprint density at radius 2 is 1.62 bits per heavy atom. The second-order valence-corrected chi connectivity index (χ2v) is 11.6. The van der Waals surface area contributed by atoms with Gasteiger partial charge in [0.2, 0.25) is 27.7 Å². The summed E-state index contributed by atoms with van der Waals surface area (Å²) in [6.45, 7) is 6.91. The maximum atomic E-state index is 13.1. The van der Waals surface area contributed by atoms with E-state index in [9.17, 15) is 27.6 Å². The Morgan fingerprint density at radius 3 is 2.24 bits per heavy atom. The van der Waals surface area contributed by atoms with Gasteiger partial charge in [0, 0.05) is 32.5 Å². The summed E-state index contributed by atoms with van der Waals surface area (Å²) in [6, 6.07) is -0.769. The van der Waals surface area contributed by atoms with E-state index < -0.39 is 38.7 Å². The first-order valence-electron chi connectivity index (χ1n) is 12.1. The number of sulfonamides is 1. The molecule has 190 valence electrons. The van der Waals surface area contributed by atoms with E-state index in [1.54, 1.807) is 4.90 Å². The molecule has 0 bridgehead atoms. The average Bonchev–Trinajstić information content (AvgIpc) is 3.55. The molecule has 0 spiro atoms. The van der Waals surface area contributed by atoms with E-state index in [-0.39, 0.29) is 31.1 Å². The van der Waals surface area contributed by atoms with Crippen LogP contribution in [0.15, 0.2) is 12.7 Å². The lowest BCUT2D eigenvalue weighted by atomic mass is 9.96. The topological polar surface area (TPSA) is 133 Å². The van der Waals surface area contributed by atoms with E-state index in [1.807, 2.05) is 0 Å². The van der Waals surface area contributed by atoms with E-state index in [0.717, 1.165) is 32.4 Å². The third kappa shape index (κ3) is 6.37. The van der Waals surface area contributed by atoms with Crippen LogP contribution in [0.4, 0.5) is 0 Å². The minimum absolute atomic E-state index is 0.0236. The number of piperidine rings is 1. The van der Waals surface area contributed by atoms with Crippen molar-refractivity contribution in [2.45, 2.75) is 88.0 Å². The van der Waals surface area contributed by atoms with Gasteiger partial charge in [-0.2, -0.15) is 0 Å². The molecule has 2 atom stereocenters. The molecule has 0 aromatic heterocycles. The molecule has 0 aromatic rings. The van der Waals surface area contributed by atoms with Gasteiger partial charge in [-0.3, -0.25) is 23.9 Å². The Hall–Kier alpha value is -2.43. The van der Waals surface area contributed by atoms with Crippen molar-refractivity contribution in [3.05, 3.63) is 12.7 Å². The first-order chi connectivity index (χ1) is 16.1. The zero-order chi connectivity index (χ0) is 24.9. The molecule has 10 nitrogen and oxygen atoms in total. The molecule has 0 aromatic carbocycles. The van der Waals surface area contributed by atoms with Crippen LogP contribution < -0.4 is 10.0 Å². The van der Waals surface area contributed by atoms with Gasteiger partial charge in [-0.15, -0.1) is 6.58 Å². The SMILES string of the molecule is C=CCC(C)(NC(=O)C1CCCN1C(=O)CCC(=O)N1CCCCC1)C(=O)NS(=O)(=O)C1CC1. The molecule has 34 heavy (non-hydrogen) atoms. The van der Waals surface area contributed by atoms with Crippen LogP contribution >= 0.6 is 0 Å². The summed E-state index contributed by atoms with van der Waals surface area (Å²) in [6.07, 6.45) is 6.75. The van der Waals surface area contributed by atoms with Gasteiger partial charge in [-0.1, -0.05) is 6.08 Å². The van der Waals surface area contributed by atoms with Crippen molar-refractivity contribution >= 4 is 33.7 Å². The lowest BCUT2D eigenvalue weighted by Gasteiger charge is -2.32. The molecule has 3 rings (SSSR count). The summed E-state index contributed by atoms with van der Waals surface area (Å²) in [5.41, 5.74) is -1.53. The molecule has 2 N–H and O–H groups in total. The van der Waals surface area contributed by atoms with Crippen LogP contribution in [0.3, 0.4) is 0 Å². The van der Waals surface area contributed by atoms with Gasteiger partial charge < -0.3 is 15.1 Å². The lowest BCUT2D eigenvalue weighted by molar-refractivity contribution is -0.142. The van der Waals surface area contributed by atoms with Gasteiger partial charge in [-0.05, 0) is 58.3 Å². The highest BCUT2D eigenvalue weighted by Gasteiger charge is 2.43. The fraction of sp³-hybridized carbons (Fsp3) is 0.739. The van der Waals surface area contributed by atoms with Crippen molar-refractivity contribution < 1.29 is 27.6 Å². The van der Waals surface area contributed by atoms with Crippen LogP contribution in [-0.4, -0.2) is 78.3 Å². The summed E-state index contributed by atoms with van der Waals surface area (Å²) in [4.78, 5) is 54.4. The molecule has 1 saturated carbocycles. The number of hydrogen-bond acceptors (Lipinski definition) is 6. The fourth-order valence-electron chi connectivity index (χ4n) is 4.54. The van der Waals surface area contributed by atoms with Crippen LogP contribution in [0.1, 0.15) is 71.1 Å². The molecule has 3 aliphatic rings. The van der Waals surface area contributed by atoms with Crippen molar-refractivity contribution in [2.24, 2.45) is 0 Å². The standard InChI is InChI=1S/C23H36N4O6S/c1-3-13-23(2,22(31)25-34(32,33)17-9-10-17)24-21(30)18-8-7-16-27(18)20(29)12-11-19(28)26-14-5-4-6-15-26/h3,17-18H,1,4-16H2,2H3,(H,24,30)(H,25,31). The summed E-state index contributed by atoms with van der Waals surface area (Å²) >= 11 is 0. The number of nitrogens with one attached hydrogen (secondary N) is 2. The van der Waals surface area contributed by atoms with Crippen LogP contribution in [0.25, 0.3) is 0 Å². The van der Waals surface area contributed by atoms with Gasteiger partial charge >= 0.3 is 0 Å². The van der Waals surface area contributed by atoms with Gasteiger partial charge in [0.1, 0.15) is 11.6 Å². The third-order valence-electron chi connectivity index (χ3n) is 6.79. The van der Waals surface area contributed by atoms with Crippen molar-refractivity contribution in [2.75, 3.05) is 19.6 Å². The number of carbonyl (C=O) groups excluding carboxylic acids is 4. The second-order valence-electron chi connectivity index (χ2n) is 9.68. The summed E-state index contributed by atoms with van der Waals surface area (Å²) < 4.78 is 26.5. The first kappa shape index (κ1) is 26.2. The zero-order valence-electron chi connectivity index (χ0n) is 19.9. The maximum Gasteiger partial charge on any atom is 0.259 e. The Kier molecular flexibility index (Phi) is 8.38. The molecule has 4 amide bonds. The Labute approximate surface area is 201 Å². The van der Waals surface area contributed by atoms with Crippen LogP contribution in [0, 0.1) is 0 Å². The van der Waals surface area contributed by atoms with Gasteiger partial charge in [0.05, 0.1) is 5.25 Å². The second kappa shape index (κ2) is 10.9. The van der Waals surface area contributed by atoms with Gasteiger partial charge in [0.25, 0.3) is 5.91 Å². The molecule has 2 unspecified atom stereocenters. The van der Waals surface area contributed by atoms with Gasteiger partial charge in [0.15, 0.2) is 0 Å². The maximum absolute atomic E-state index is 13.1. The molecular weight excluding hydrogens is 460 g/mol. The zero-order valence-corrected chi connectivity index (χ0v) is 20.7. The highest BCUT2D eigenvalue weighted by molar-refractivity contribution is 7.90. The van der Waals surface area contributed by atoms with E-state index in [1.165, 1.54) is 17.9 Å². The Bertz CT molecular complexity index is 926. The monoisotopic (exact) mass is 496 g/mol. The molecular formula is C23H36N4O6S. The highest BCUT2D eigenvalue weighted by atomic mass is 32.2. The molecule has 2 aliphatic heterocycles. The Morgan fingerprint density at radius 1 is 0.971 bits per heavy atom. The molecule has 2 saturated heterocycles. The van der Waals surface area contributed by atoms with Crippen LogP contribution in [0.2, 0.25) is 0 Å². The predicted molar refractivity (Wildman–Crippen MR) is 126 cm³/mol. The van der Waals surface area contributed by atoms with Crippen molar-refractivity contribution in [3.8, 4) is 0 Å². The molecule has 2 heterocycles. The minimum atomic E-state index is -3.78. The van der Waals surface area contributed by atoms with E-state index in [0.29, 0.717) is 32.2 Å². The quantitative estimate of drug-likeness (QED) is 0.431. The summed E-state index contributed by atoms with van der Waals surface area (Å²) in [5, 5.41) is 2.09. The molecule has 0 radical (unpaired) electrons. The minimum Gasteiger partial charge on any atom is -0.343 e. The number of likely N-dealkylation sites (tertiary alicyclic amines) is 2. The third-order valence-corrected chi connectivity index (χ3v) is 8.61. The van der Waals surface area contributed by atoms with Crippen LogP contribution in [0.5, 0.6) is 0 Å². The largest absolute Gasteiger partial charge is 0.343 e. The summed E-state index contributed by atoms with van der Waals surface area (Å²) in [7, 11) is -3.78. The summed E-state index contributed by atoms with van der Waals surface area (Å²) in [5.74, 6) is -1.65.